The molecule has 0 saturated heterocycles. The molecular formula is C11H11N5O2. The highest BCUT2D eigenvalue weighted by Gasteiger charge is 2.15. The number of hydrazine groups is 1. The Hall–Kier alpha value is -2.59. The van der Waals surface area contributed by atoms with Gasteiger partial charge in [-0.15, -0.1) is 0 Å². The summed E-state index contributed by atoms with van der Waals surface area (Å²) in [5.41, 5.74) is 2.70. The van der Waals surface area contributed by atoms with Crippen LogP contribution >= 0.6 is 0 Å². The highest BCUT2D eigenvalue weighted by atomic mass is 16.4. The van der Waals surface area contributed by atoms with Gasteiger partial charge in [-0.25, -0.2) is 10.8 Å². The molecule has 0 aliphatic carbocycles. The van der Waals surface area contributed by atoms with Gasteiger partial charge in [-0.05, 0) is 13.0 Å². The summed E-state index contributed by atoms with van der Waals surface area (Å²) in [5.74, 6) is 5.58. The van der Waals surface area contributed by atoms with Crippen LogP contribution < -0.4 is 11.3 Å². The maximum atomic E-state index is 11.4. The summed E-state index contributed by atoms with van der Waals surface area (Å²) in [6.45, 7) is 2.08. The van der Waals surface area contributed by atoms with E-state index in [4.69, 9.17) is 15.5 Å². The number of rotatable bonds is 3. The van der Waals surface area contributed by atoms with Crippen LogP contribution in [0, 0.1) is 18.3 Å². The second kappa shape index (κ2) is 4.73. The molecular weight excluding hydrogens is 234 g/mol. The molecule has 2 aromatic rings. The highest BCUT2D eigenvalue weighted by Crippen LogP contribution is 2.16. The van der Waals surface area contributed by atoms with E-state index in [0.717, 1.165) is 0 Å². The molecule has 2 rings (SSSR count). The lowest BCUT2D eigenvalue weighted by Gasteiger charge is -2.00. The molecule has 2 heterocycles. The molecule has 1 amide bonds. The minimum absolute atomic E-state index is 0.172. The fourth-order valence-corrected chi connectivity index (χ4v) is 1.63. The lowest BCUT2D eigenvalue weighted by atomic mass is 10.2. The number of amides is 1. The standard InChI is InChI=1S/C11H11N5O2/c1-7-4-8(18-10(7)11(17)15-13)6-16-3-2-14-9(16)5-12/h2-4H,6,13H2,1H3,(H,15,17). The van der Waals surface area contributed by atoms with Crippen LogP contribution in [0.5, 0.6) is 0 Å². The van der Waals surface area contributed by atoms with E-state index in [0.29, 0.717) is 17.9 Å². The van der Waals surface area contributed by atoms with Gasteiger partial charge in [0.15, 0.2) is 5.76 Å². The van der Waals surface area contributed by atoms with Crippen molar-refractivity contribution in [1.29, 1.82) is 5.26 Å². The largest absolute Gasteiger partial charge is 0.454 e. The molecule has 0 atom stereocenters. The zero-order chi connectivity index (χ0) is 13.1. The number of nitrogens with one attached hydrogen (secondary N) is 1. The molecule has 7 nitrogen and oxygen atoms in total. The molecule has 92 valence electrons. The number of hydrogen-bond donors (Lipinski definition) is 2. The minimum atomic E-state index is -0.482. The molecule has 7 heteroatoms. The van der Waals surface area contributed by atoms with Crippen molar-refractivity contribution in [2.24, 2.45) is 5.84 Å². The molecule has 0 aliphatic heterocycles. The number of nitrogens with zero attached hydrogens (tertiary/aromatic N) is 3. The van der Waals surface area contributed by atoms with Gasteiger partial charge in [0.05, 0.1) is 6.54 Å². The summed E-state index contributed by atoms with van der Waals surface area (Å²) in [5, 5.41) is 8.83. The Morgan fingerprint density at radius 1 is 1.72 bits per heavy atom. The molecule has 2 aromatic heterocycles. The van der Waals surface area contributed by atoms with Gasteiger partial charge in [0.2, 0.25) is 5.82 Å². The van der Waals surface area contributed by atoms with Gasteiger partial charge >= 0.3 is 5.91 Å². The van der Waals surface area contributed by atoms with Gasteiger partial charge in [-0.3, -0.25) is 10.2 Å². The van der Waals surface area contributed by atoms with Crippen LogP contribution in [0.3, 0.4) is 0 Å². The van der Waals surface area contributed by atoms with E-state index in [1.54, 1.807) is 23.8 Å². The quantitative estimate of drug-likeness (QED) is 0.459. The third kappa shape index (κ3) is 2.09. The highest BCUT2D eigenvalue weighted by molar-refractivity contribution is 5.92. The third-order valence-corrected chi connectivity index (χ3v) is 2.45. The normalized spacial score (nSPS) is 10.1. The van der Waals surface area contributed by atoms with Crippen LogP contribution in [0.4, 0.5) is 0 Å². The number of imidazole rings is 1. The summed E-state index contributed by atoms with van der Waals surface area (Å²) in [6.07, 6.45) is 3.20. The fraction of sp³-hybridized carbons (Fsp3) is 0.182. The Kier molecular flexibility index (Phi) is 3.12. The van der Waals surface area contributed by atoms with Crippen LogP contribution in [-0.4, -0.2) is 15.5 Å². The summed E-state index contributed by atoms with van der Waals surface area (Å²) in [6, 6.07) is 3.69. The van der Waals surface area contributed by atoms with Gasteiger partial charge in [0.1, 0.15) is 11.8 Å². The number of nitrogens with two attached hydrogens (primary N) is 1. The number of nitriles is 1. The van der Waals surface area contributed by atoms with Crippen molar-refractivity contribution in [2.45, 2.75) is 13.5 Å². The summed E-state index contributed by atoms with van der Waals surface area (Å²) in [7, 11) is 0. The molecule has 0 unspecified atom stereocenters. The molecule has 0 aromatic carbocycles. The van der Waals surface area contributed by atoms with Crippen LogP contribution in [0.25, 0.3) is 0 Å². The fourth-order valence-electron chi connectivity index (χ4n) is 1.63. The number of aryl methyl sites for hydroxylation is 1. The van der Waals surface area contributed by atoms with Gasteiger partial charge in [-0.1, -0.05) is 0 Å². The Morgan fingerprint density at radius 2 is 2.50 bits per heavy atom. The molecule has 18 heavy (non-hydrogen) atoms. The van der Waals surface area contributed by atoms with Crippen molar-refractivity contribution in [3.05, 3.63) is 41.4 Å². The lowest BCUT2D eigenvalue weighted by molar-refractivity contribution is 0.0923. The number of aromatic nitrogens is 2. The van der Waals surface area contributed by atoms with E-state index in [-0.39, 0.29) is 11.6 Å². The van der Waals surface area contributed by atoms with E-state index in [2.05, 4.69) is 4.98 Å². The van der Waals surface area contributed by atoms with Gasteiger partial charge in [0.25, 0.3) is 0 Å². The van der Waals surface area contributed by atoms with Gasteiger partial charge in [-0.2, -0.15) is 5.26 Å². The number of furan rings is 1. The van der Waals surface area contributed by atoms with Crippen LogP contribution in [-0.2, 0) is 6.54 Å². The van der Waals surface area contributed by atoms with E-state index < -0.39 is 5.91 Å². The average molecular weight is 245 g/mol. The van der Waals surface area contributed by atoms with Crippen molar-refractivity contribution in [3.8, 4) is 6.07 Å². The predicted octanol–water partition coefficient (Wildman–Crippen LogP) is 0.308. The third-order valence-electron chi connectivity index (χ3n) is 2.45. The first-order valence-corrected chi connectivity index (χ1v) is 5.17. The Bertz CT molecular complexity index is 620. The number of nitrogen functional groups attached to an aromatic ring is 1. The number of hydrogen-bond acceptors (Lipinski definition) is 5. The Morgan fingerprint density at radius 3 is 3.17 bits per heavy atom. The average Bonchev–Trinajstić information content (AvgIpc) is 2.95. The minimum Gasteiger partial charge on any atom is -0.454 e. The van der Waals surface area contributed by atoms with Crippen LogP contribution in [0.15, 0.2) is 22.9 Å². The predicted molar refractivity (Wildman–Crippen MR) is 61.1 cm³/mol. The van der Waals surface area contributed by atoms with E-state index in [9.17, 15) is 4.79 Å². The van der Waals surface area contributed by atoms with E-state index >= 15 is 0 Å². The number of carbonyl (C=O) groups excluding carboxylic acids is 1. The van der Waals surface area contributed by atoms with Crippen molar-refractivity contribution < 1.29 is 9.21 Å². The Labute approximate surface area is 103 Å². The van der Waals surface area contributed by atoms with Crippen molar-refractivity contribution in [2.75, 3.05) is 0 Å². The first-order chi connectivity index (χ1) is 8.65. The van der Waals surface area contributed by atoms with Crippen molar-refractivity contribution in [3.63, 3.8) is 0 Å². The summed E-state index contributed by atoms with van der Waals surface area (Å²) in [4.78, 5) is 15.2. The summed E-state index contributed by atoms with van der Waals surface area (Å²) < 4.78 is 7.02. The Balaban J connectivity index is 2.26. The van der Waals surface area contributed by atoms with Crippen LogP contribution in [0.2, 0.25) is 0 Å². The SMILES string of the molecule is Cc1cc(Cn2ccnc2C#N)oc1C(=O)NN. The molecule has 0 spiro atoms. The zero-order valence-corrected chi connectivity index (χ0v) is 9.67. The van der Waals surface area contributed by atoms with E-state index in [1.807, 2.05) is 11.5 Å². The van der Waals surface area contributed by atoms with E-state index in [1.165, 1.54) is 6.20 Å². The lowest BCUT2D eigenvalue weighted by Crippen LogP contribution is -2.30. The summed E-state index contributed by atoms with van der Waals surface area (Å²) >= 11 is 0. The molecule has 0 saturated carbocycles. The molecule has 0 aliphatic rings. The molecule has 0 radical (unpaired) electrons. The monoisotopic (exact) mass is 245 g/mol. The van der Waals surface area contributed by atoms with Crippen molar-refractivity contribution >= 4 is 5.91 Å². The second-order valence-corrected chi connectivity index (χ2v) is 3.69. The van der Waals surface area contributed by atoms with Gasteiger partial charge in [0, 0.05) is 18.0 Å². The number of carbonyl (C=O) groups is 1. The van der Waals surface area contributed by atoms with Crippen molar-refractivity contribution in [1.82, 2.24) is 15.0 Å². The smallest absolute Gasteiger partial charge is 0.301 e. The first kappa shape index (κ1) is 11.9. The van der Waals surface area contributed by atoms with Gasteiger partial charge < -0.3 is 8.98 Å². The topological polar surface area (TPSA) is 110 Å². The molecule has 0 fully saturated rings. The zero-order valence-electron chi connectivity index (χ0n) is 9.67. The molecule has 0 bridgehead atoms. The molecule has 3 N–H and O–H groups in total. The maximum absolute atomic E-state index is 11.4. The second-order valence-electron chi connectivity index (χ2n) is 3.69. The maximum Gasteiger partial charge on any atom is 0.301 e. The first-order valence-electron chi connectivity index (χ1n) is 5.17. The van der Waals surface area contributed by atoms with Crippen LogP contribution in [0.1, 0.15) is 27.7 Å².